The summed E-state index contributed by atoms with van der Waals surface area (Å²) >= 11 is 9.62. The van der Waals surface area contributed by atoms with Crippen molar-refractivity contribution in [1.82, 2.24) is 4.98 Å². The van der Waals surface area contributed by atoms with Gasteiger partial charge in [-0.15, -0.1) is 0 Å². The van der Waals surface area contributed by atoms with Gasteiger partial charge >= 0.3 is 0 Å². The molecule has 0 radical (unpaired) electrons. The Kier molecular flexibility index (Phi) is 3.51. The van der Waals surface area contributed by atoms with Crippen molar-refractivity contribution < 1.29 is 4.79 Å². The van der Waals surface area contributed by atoms with Gasteiger partial charge in [0.15, 0.2) is 0 Å². The molecule has 3 nitrogen and oxygen atoms in total. The van der Waals surface area contributed by atoms with Crippen LogP contribution >= 0.6 is 27.5 Å². The van der Waals surface area contributed by atoms with Crippen molar-refractivity contribution in [3.63, 3.8) is 0 Å². The van der Waals surface area contributed by atoms with Crippen LogP contribution in [0.2, 0.25) is 5.02 Å². The van der Waals surface area contributed by atoms with E-state index in [9.17, 15) is 4.79 Å². The summed E-state index contributed by atoms with van der Waals surface area (Å²) in [4.78, 5) is 15.1. The van der Waals surface area contributed by atoms with Gasteiger partial charge in [0.2, 0.25) is 5.91 Å². The van der Waals surface area contributed by atoms with Crippen LogP contribution in [0, 0.1) is 6.92 Å². The number of nitrogens with two attached hydrogens (primary N) is 1. The average Bonchev–Trinajstić information content (AvgIpc) is 2.87. The summed E-state index contributed by atoms with van der Waals surface area (Å²) in [5.41, 5.74) is 9.24. The molecule has 0 fully saturated rings. The number of hydrogen-bond acceptors (Lipinski definition) is 1. The second-order valence-corrected chi connectivity index (χ2v) is 6.09. The summed E-state index contributed by atoms with van der Waals surface area (Å²) in [6, 6.07) is 11.7. The van der Waals surface area contributed by atoms with Gasteiger partial charge in [-0.3, -0.25) is 4.79 Å². The molecule has 106 valence electrons. The Balaban J connectivity index is 2.33. The first-order valence-corrected chi connectivity index (χ1v) is 7.52. The molecule has 3 N–H and O–H groups in total. The van der Waals surface area contributed by atoms with Gasteiger partial charge in [-0.25, -0.2) is 0 Å². The monoisotopic (exact) mass is 362 g/mol. The van der Waals surface area contributed by atoms with E-state index in [1.54, 1.807) is 6.92 Å². The normalized spacial score (nSPS) is 11.0. The van der Waals surface area contributed by atoms with Crippen LogP contribution in [0.4, 0.5) is 0 Å². The summed E-state index contributed by atoms with van der Waals surface area (Å²) in [5, 5.41) is 1.58. The van der Waals surface area contributed by atoms with Gasteiger partial charge in [0.05, 0.1) is 10.6 Å². The number of rotatable bonds is 2. The molecule has 0 aliphatic carbocycles. The molecule has 0 saturated carbocycles. The molecule has 1 amide bonds. The van der Waals surface area contributed by atoms with Gasteiger partial charge in [-0.1, -0.05) is 29.8 Å². The van der Waals surface area contributed by atoms with Crippen LogP contribution in [-0.4, -0.2) is 10.9 Å². The molecule has 3 rings (SSSR count). The Morgan fingerprint density at radius 2 is 2.00 bits per heavy atom. The highest BCUT2D eigenvalue weighted by Crippen LogP contribution is 2.36. The van der Waals surface area contributed by atoms with Crippen LogP contribution in [0.5, 0.6) is 0 Å². The first kappa shape index (κ1) is 14.2. The maximum atomic E-state index is 11.8. The smallest absolute Gasteiger partial charge is 0.249 e. The number of H-pyrrole nitrogens is 1. The van der Waals surface area contributed by atoms with E-state index in [1.807, 2.05) is 36.4 Å². The fraction of sp³-hybridized carbons (Fsp3) is 0.0625. The number of aromatic amines is 1. The number of nitrogens with one attached hydrogen (secondary N) is 1. The lowest BCUT2D eigenvalue weighted by Gasteiger charge is -2.12. The molecule has 5 heteroatoms. The van der Waals surface area contributed by atoms with E-state index in [-0.39, 0.29) is 0 Å². The van der Waals surface area contributed by atoms with Crippen LogP contribution in [0.15, 0.2) is 40.9 Å². The van der Waals surface area contributed by atoms with Crippen molar-refractivity contribution in [3.8, 4) is 11.3 Å². The van der Waals surface area contributed by atoms with Crippen molar-refractivity contribution in [2.75, 3.05) is 0 Å². The van der Waals surface area contributed by atoms with Crippen LogP contribution in [0.3, 0.4) is 0 Å². The number of carbonyl (C=O) groups excluding carboxylic acids is 1. The largest absolute Gasteiger partial charge is 0.366 e. The predicted octanol–water partition coefficient (Wildman–Crippen LogP) is 4.66. The second-order valence-electron chi connectivity index (χ2n) is 4.85. The van der Waals surface area contributed by atoms with E-state index in [2.05, 4.69) is 20.9 Å². The zero-order valence-electron chi connectivity index (χ0n) is 11.2. The van der Waals surface area contributed by atoms with E-state index >= 15 is 0 Å². The van der Waals surface area contributed by atoms with Gasteiger partial charge in [0, 0.05) is 26.6 Å². The number of hydrogen-bond donors (Lipinski definition) is 2. The van der Waals surface area contributed by atoms with Gasteiger partial charge in [0.1, 0.15) is 0 Å². The molecule has 0 spiro atoms. The number of aromatic nitrogens is 1. The number of amides is 1. The highest BCUT2D eigenvalue weighted by molar-refractivity contribution is 9.10. The van der Waals surface area contributed by atoms with Crippen molar-refractivity contribution in [2.24, 2.45) is 5.73 Å². The lowest BCUT2D eigenvalue weighted by atomic mass is 9.99. The topological polar surface area (TPSA) is 58.9 Å². The molecular weight excluding hydrogens is 352 g/mol. The molecule has 0 aliphatic heterocycles. The average molecular weight is 364 g/mol. The maximum absolute atomic E-state index is 11.8. The Morgan fingerprint density at radius 3 is 2.67 bits per heavy atom. The zero-order valence-corrected chi connectivity index (χ0v) is 13.5. The highest BCUT2D eigenvalue weighted by Gasteiger charge is 2.19. The Morgan fingerprint density at radius 1 is 1.29 bits per heavy atom. The fourth-order valence-corrected chi connectivity index (χ4v) is 3.18. The number of primary amides is 1. The molecule has 0 aliphatic rings. The predicted molar refractivity (Wildman–Crippen MR) is 89.7 cm³/mol. The third-order valence-corrected chi connectivity index (χ3v) is 4.86. The van der Waals surface area contributed by atoms with E-state index in [0.717, 1.165) is 26.6 Å². The number of fused-ring (bicyclic) bond motifs is 1. The standard InChI is InChI=1S/C16H12BrClN2O/c1-8-14(16(19)21)10(7-11(17)15(8)18)13-6-9-4-2-3-5-12(9)20-13/h2-7,20H,1H3,(H2,19,21). The minimum atomic E-state index is -0.490. The summed E-state index contributed by atoms with van der Waals surface area (Å²) < 4.78 is 0.736. The zero-order chi connectivity index (χ0) is 15.1. The van der Waals surface area contributed by atoms with Crippen molar-refractivity contribution in [3.05, 3.63) is 57.0 Å². The maximum Gasteiger partial charge on any atom is 0.249 e. The van der Waals surface area contributed by atoms with Crippen molar-refractivity contribution in [1.29, 1.82) is 0 Å². The molecule has 3 aromatic rings. The Bertz CT molecular complexity index is 837. The van der Waals surface area contributed by atoms with Crippen molar-refractivity contribution in [2.45, 2.75) is 6.92 Å². The van der Waals surface area contributed by atoms with Gasteiger partial charge < -0.3 is 10.7 Å². The van der Waals surface area contributed by atoms with E-state index in [4.69, 9.17) is 17.3 Å². The Labute approximate surface area is 135 Å². The SMILES string of the molecule is Cc1c(Cl)c(Br)cc(-c2cc3ccccc3[nH]2)c1C(N)=O. The third-order valence-electron chi connectivity index (χ3n) is 3.52. The highest BCUT2D eigenvalue weighted by atomic mass is 79.9. The number of halogens is 2. The van der Waals surface area contributed by atoms with E-state index in [1.165, 1.54) is 0 Å². The summed E-state index contributed by atoms with van der Waals surface area (Å²) in [5.74, 6) is -0.490. The van der Waals surface area contributed by atoms with Gasteiger partial charge in [-0.2, -0.15) is 0 Å². The molecule has 0 saturated heterocycles. The quantitative estimate of drug-likeness (QED) is 0.683. The molecular formula is C16H12BrClN2O. The van der Waals surface area contributed by atoms with Gasteiger partial charge in [-0.05, 0) is 46.6 Å². The van der Waals surface area contributed by atoms with Crippen LogP contribution in [0.25, 0.3) is 22.2 Å². The van der Waals surface area contributed by atoms with Gasteiger partial charge in [0.25, 0.3) is 0 Å². The molecule has 2 aromatic carbocycles. The first-order chi connectivity index (χ1) is 9.99. The van der Waals surface area contributed by atoms with Crippen LogP contribution in [0.1, 0.15) is 15.9 Å². The summed E-state index contributed by atoms with van der Waals surface area (Å²) in [6.45, 7) is 1.79. The van der Waals surface area contributed by atoms with Crippen molar-refractivity contribution >= 4 is 44.3 Å². The summed E-state index contributed by atoms with van der Waals surface area (Å²) in [6.07, 6.45) is 0. The lowest BCUT2D eigenvalue weighted by Crippen LogP contribution is -2.14. The molecule has 0 bridgehead atoms. The molecule has 0 atom stereocenters. The molecule has 1 heterocycles. The molecule has 0 unspecified atom stereocenters. The van der Waals surface area contributed by atoms with Crippen LogP contribution in [-0.2, 0) is 0 Å². The molecule has 21 heavy (non-hydrogen) atoms. The third kappa shape index (κ3) is 2.34. The minimum absolute atomic E-state index is 0.440. The fourth-order valence-electron chi connectivity index (χ4n) is 2.50. The number of carbonyl (C=O) groups is 1. The van der Waals surface area contributed by atoms with Crippen LogP contribution < -0.4 is 5.73 Å². The van der Waals surface area contributed by atoms with E-state index in [0.29, 0.717) is 16.1 Å². The number of para-hydroxylation sites is 1. The second kappa shape index (κ2) is 5.20. The lowest BCUT2D eigenvalue weighted by molar-refractivity contribution is 0.100. The summed E-state index contributed by atoms with van der Waals surface area (Å²) in [7, 11) is 0. The number of benzene rings is 2. The minimum Gasteiger partial charge on any atom is -0.366 e. The van der Waals surface area contributed by atoms with E-state index < -0.39 is 5.91 Å². The first-order valence-electron chi connectivity index (χ1n) is 6.35. The molecule has 1 aromatic heterocycles. The Hall–Kier alpha value is -1.78.